The maximum absolute atomic E-state index is 10.7. The number of hydrogen-bond donors (Lipinski definition) is 3. The average molecular weight is 249 g/mol. The number of fused-ring (bicyclic) bond motifs is 1. The van der Waals surface area contributed by atoms with Gasteiger partial charge in [0.15, 0.2) is 0 Å². The monoisotopic (exact) mass is 249 g/mol. The van der Waals surface area contributed by atoms with Crippen LogP contribution in [-0.2, 0) is 4.79 Å². The van der Waals surface area contributed by atoms with E-state index in [4.69, 9.17) is 5.11 Å². The number of carboxylic acid groups (broad SMARTS) is 1. The highest BCUT2D eigenvalue weighted by Crippen LogP contribution is 2.22. The number of carbonyl (C=O) groups is 1. The average Bonchev–Trinajstić information content (AvgIpc) is 2.69. The zero-order chi connectivity index (χ0) is 13.3. The third kappa shape index (κ3) is 2.43. The molecule has 0 fully saturated rings. The van der Waals surface area contributed by atoms with E-state index in [0.29, 0.717) is 5.82 Å². The van der Waals surface area contributed by atoms with Crippen molar-refractivity contribution in [2.45, 2.75) is 13.0 Å². The van der Waals surface area contributed by atoms with Crippen LogP contribution >= 0.6 is 0 Å². The van der Waals surface area contributed by atoms with Crippen LogP contribution < -0.4 is 0 Å². The number of phenolic OH excluding ortho intramolecular Hbond substituents is 1. The van der Waals surface area contributed by atoms with Crippen LogP contribution in [0.4, 0.5) is 0 Å². The van der Waals surface area contributed by atoms with Gasteiger partial charge in [-0.25, -0.2) is 4.98 Å². The molecule has 0 aliphatic heterocycles. The molecule has 1 unspecified atom stereocenters. The number of phenols is 1. The molecule has 1 atom stereocenters. The molecular weight excluding hydrogens is 234 g/mol. The molecule has 18 heavy (non-hydrogen) atoms. The van der Waals surface area contributed by atoms with E-state index in [2.05, 4.69) is 9.97 Å². The van der Waals surface area contributed by atoms with Crippen molar-refractivity contribution in [3.05, 3.63) is 24.0 Å². The number of nitrogens with zero attached hydrogens (tertiary/aromatic N) is 2. The molecule has 3 N–H and O–H groups in total. The molecule has 2 aromatic rings. The van der Waals surface area contributed by atoms with E-state index in [1.165, 1.54) is 0 Å². The Morgan fingerprint density at radius 3 is 2.94 bits per heavy atom. The van der Waals surface area contributed by atoms with Crippen molar-refractivity contribution in [1.29, 1.82) is 0 Å². The number of aromatic amines is 1. The largest absolute Gasteiger partial charge is 0.508 e. The van der Waals surface area contributed by atoms with Gasteiger partial charge in [-0.3, -0.25) is 9.69 Å². The van der Waals surface area contributed by atoms with Gasteiger partial charge in [0.05, 0.1) is 23.6 Å². The summed E-state index contributed by atoms with van der Waals surface area (Å²) in [6, 6.07) is 4.73. The molecule has 1 heterocycles. The molecule has 6 nitrogen and oxygen atoms in total. The topological polar surface area (TPSA) is 89.5 Å². The van der Waals surface area contributed by atoms with Gasteiger partial charge in [-0.15, -0.1) is 0 Å². The van der Waals surface area contributed by atoms with Crippen LogP contribution in [0.5, 0.6) is 5.75 Å². The van der Waals surface area contributed by atoms with E-state index in [-0.39, 0.29) is 18.3 Å². The molecule has 0 radical (unpaired) electrons. The van der Waals surface area contributed by atoms with Gasteiger partial charge in [0.25, 0.3) is 0 Å². The number of aromatic hydroxyl groups is 1. The van der Waals surface area contributed by atoms with Crippen molar-refractivity contribution in [2.24, 2.45) is 0 Å². The molecule has 0 saturated heterocycles. The lowest BCUT2D eigenvalue weighted by molar-refractivity contribution is -0.138. The Hall–Kier alpha value is -2.08. The van der Waals surface area contributed by atoms with Gasteiger partial charge < -0.3 is 15.2 Å². The number of aliphatic carboxylic acids is 1. The predicted molar refractivity (Wildman–Crippen MR) is 66.4 cm³/mol. The first-order chi connectivity index (χ1) is 8.47. The van der Waals surface area contributed by atoms with E-state index in [0.717, 1.165) is 11.0 Å². The maximum atomic E-state index is 10.7. The Morgan fingerprint density at radius 2 is 2.28 bits per heavy atom. The van der Waals surface area contributed by atoms with E-state index in [1.54, 1.807) is 30.1 Å². The summed E-state index contributed by atoms with van der Waals surface area (Å²) in [5, 5.41) is 18.1. The lowest BCUT2D eigenvalue weighted by atomic mass is 10.3. The Morgan fingerprint density at radius 1 is 1.56 bits per heavy atom. The minimum atomic E-state index is -0.877. The summed E-state index contributed by atoms with van der Waals surface area (Å²) in [6.45, 7) is 1.82. The van der Waals surface area contributed by atoms with E-state index < -0.39 is 5.97 Å². The van der Waals surface area contributed by atoms with Gasteiger partial charge in [-0.05, 0) is 26.1 Å². The molecule has 2 rings (SSSR count). The molecule has 0 saturated carbocycles. The Balaban J connectivity index is 2.27. The van der Waals surface area contributed by atoms with Gasteiger partial charge in [-0.1, -0.05) is 0 Å². The second-order valence-electron chi connectivity index (χ2n) is 4.31. The van der Waals surface area contributed by atoms with Crippen LogP contribution in [0.2, 0.25) is 0 Å². The predicted octanol–water partition coefficient (Wildman–Crippen LogP) is 1.35. The summed E-state index contributed by atoms with van der Waals surface area (Å²) in [4.78, 5) is 19.8. The second kappa shape index (κ2) is 4.66. The fraction of sp³-hybridized carbons (Fsp3) is 0.333. The Bertz CT molecular complexity index is 579. The molecule has 0 spiro atoms. The van der Waals surface area contributed by atoms with Crippen LogP contribution in [0, 0.1) is 0 Å². The standard InChI is InChI=1S/C12H15N3O3/c1-7(15(2)6-11(17)18)12-13-9-4-3-8(16)5-10(9)14-12/h3-5,7,16H,6H2,1-2H3,(H,13,14)(H,17,18). The first kappa shape index (κ1) is 12.4. The third-order valence-corrected chi connectivity index (χ3v) is 2.93. The van der Waals surface area contributed by atoms with Crippen molar-refractivity contribution in [1.82, 2.24) is 14.9 Å². The van der Waals surface area contributed by atoms with Gasteiger partial charge >= 0.3 is 5.97 Å². The first-order valence-electron chi connectivity index (χ1n) is 5.58. The lowest BCUT2D eigenvalue weighted by Crippen LogP contribution is -2.29. The molecule has 0 bridgehead atoms. The number of imidazole rings is 1. The van der Waals surface area contributed by atoms with Crippen LogP contribution in [-0.4, -0.2) is 44.6 Å². The highest BCUT2D eigenvalue weighted by atomic mass is 16.4. The second-order valence-corrected chi connectivity index (χ2v) is 4.31. The first-order valence-corrected chi connectivity index (χ1v) is 5.58. The quantitative estimate of drug-likeness (QED) is 0.761. The fourth-order valence-electron chi connectivity index (χ4n) is 1.77. The molecule has 0 amide bonds. The van der Waals surface area contributed by atoms with Crippen molar-refractivity contribution >= 4 is 17.0 Å². The van der Waals surface area contributed by atoms with Crippen molar-refractivity contribution < 1.29 is 15.0 Å². The summed E-state index contributed by atoms with van der Waals surface area (Å²) in [5.74, 6) is -0.0262. The highest BCUT2D eigenvalue weighted by molar-refractivity contribution is 5.76. The zero-order valence-electron chi connectivity index (χ0n) is 10.2. The Labute approximate surface area is 104 Å². The number of H-pyrrole nitrogens is 1. The molecule has 1 aromatic carbocycles. The number of likely N-dealkylation sites (N-methyl/N-ethyl adjacent to an activating group) is 1. The van der Waals surface area contributed by atoms with Gasteiger partial charge in [0.1, 0.15) is 11.6 Å². The molecule has 0 aliphatic carbocycles. The summed E-state index contributed by atoms with van der Waals surface area (Å²) in [7, 11) is 1.73. The van der Waals surface area contributed by atoms with E-state index in [9.17, 15) is 9.90 Å². The minimum Gasteiger partial charge on any atom is -0.508 e. The normalized spacial score (nSPS) is 13.1. The van der Waals surface area contributed by atoms with Gasteiger partial charge in [-0.2, -0.15) is 0 Å². The molecule has 0 aliphatic rings. The SMILES string of the molecule is CC(c1nc2ccc(O)cc2[nH]1)N(C)CC(=O)O. The molecule has 6 heteroatoms. The number of aromatic nitrogens is 2. The van der Waals surface area contributed by atoms with Gasteiger partial charge in [0.2, 0.25) is 0 Å². The number of hydrogen-bond acceptors (Lipinski definition) is 4. The number of benzene rings is 1. The summed E-state index contributed by atoms with van der Waals surface area (Å²) in [6.07, 6.45) is 0. The maximum Gasteiger partial charge on any atom is 0.317 e. The third-order valence-electron chi connectivity index (χ3n) is 2.93. The smallest absolute Gasteiger partial charge is 0.317 e. The number of nitrogens with one attached hydrogen (secondary N) is 1. The summed E-state index contributed by atoms with van der Waals surface area (Å²) < 4.78 is 0. The van der Waals surface area contributed by atoms with Crippen molar-refractivity contribution in [3.63, 3.8) is 0 Å². The lowest BCUT2D eigenvalue weighted by Gasteiger charge is -2.20. The van der Waals surface area contributed by atoms with E-state index >= 15 is 0 Å². The van der Waals surface area contributed by atoms with Crippen LogP contribution in [0.1, 0.15) is 18.8 Å². The van der Waals surface area contributed by atoms with Crippen LogP contribution in [0.25, 0.3) is 11.0 Å². The molecule has 1 aromatic heterocycles. The van der Waals surface area contributed by atoms with Crippen molar-refractivity contribution in [3.8, 4) is 5.75 Å². The van der Waals surface area contributed by atoms with E-state index in [1.807, 2.05) is 6.92 Å². The molecule has 96 valence electrons. The van der Waals surface area contributed by atoms with Crippen molar-refractivity contribution in [2.75, 3.05) is 13.6 Å². The van der Waals surface area contributed by atoms with Gasteiger partial charge in [0, 0.05) is 6.07 Å². The minimum absolute atomic E-state index is 0.0521. The fourth-order valence-corrected chi connectivity index (χ4v) is 1.77. The highest BCUT2D eigenvalue weighted by Gasteiger charge is 2.17. The summed E-state index contributed by atoms with van der Waals surface area (Å²) in [5.41, 5.74) is 1.49. The van der Waals surface area contributed by atoms with Crippen LogP contribution in [0.3, 0.4) is 0 Å². The molecular formula is C12H15N3O3. The number of rotatable bonds is 4. The van der Waals surface area contributed by atoms with Crippen LogP contribution in [0.15, 0.2) is 18.2 Å². The number of carboxylic acids is 1. The zero-order valence-corrected chi connectivity index (χ0v) is 10.2. The Kier molecular flexibility index (Phi) is 3.20. The summed E-state index contributed by atoms with van der Waals surface area (Å²) >= 11 is 0.